The molecule has 2 amide bonds. The van der Waals surface area contributed by atoms with Crippen LogP contribution in [0.15, 0.2) is 108 Å². The number of nitrogens with two attached hydrogens (primary N) is 1. The summed E-state index contributed by atoms with van der Waals surface area (Å²) in [6, 6.07) is 33.8. The number of hydrogen-bond acceptors (Lipinski definition) is 4. The second-order valence-corrected chi connectivity index (χ2v) is 11.1. The molecule has 8 nitrogen and oxygen atoms in total. The lowest BCUT2D eigenvalue weighted by molar-refractivity contribution is 0.207. The third kappa shape index (κ3) is 6.54. The highest BCUT2D eigenvalue weighted by Crippen LogP contribution is 2.39. The number of urea groups is 1. The molecule has 218 valence electrons. The second kappa shape index (κ2) is 12.8. The van der Waals surface area contributed by atoms with E-state index >= 15 is 0 Å². The van der Waals surface area contributed by atoms with Crippen molar-refractivity contribution in [3.8, 4) is 0 Å². The molecule has 4 aromatic rings. The summed E-state index contributed by atoms with van der Waals surface area (Å²) >= 11 is 0. The molecule has 5 N–H and O–H groups in total. The molecule has 8 heteroatoms. The number of nitrogens with one attached hydrogen (secondary N) is 3. The van der Waals surface area contributed by atoms with Gasteiger partial charge in [0, 0.05) is 29.4 Å². The Morgan fingerprint density at radius 2 is 1.49 bits per heavy atom. The van der Waals surface area contributed by atoms with Crippen molar-refractivity contribution in [1.29, 1.82) is 5.41 Å². The summed E-state index contributed by atoms with van der Waals surface area (Å²) in [7, 11) is 0. The minimum atomic E-state index is -0.215. The van der Waals surface area contributed by atoms with E-state index in [0.717, 1.165) is 53.9 Å². The summed E-state index contributed by atoms with van der Waals surface area (Å²) in [4.78, 5) is 16.2. The Kier molecular flexibility index (Phi) is 8.35. The van der Waals surface area contributed by atoms with E-state index < -0.39 is 0 Å². The molecule has 6 rings (SSSR count). The number of rotatable bonds is 8. The topological polar surface area (TPSA) is 110 Å². The summed E-state index contributed by atoms with van der Waals surface area (Å²) in [5.41, 5.74) is 12.9. The van der Waals surface area contributed by atoms with Gasteiger partial charge < -0.3 is 16.4 Å². The molecule has 0 spiro atoms. The normalized spacial score (nSPS) is 15.3. The van der Waals surface area contributed by atoms with Crippen molar-refractivity contribution in [2.45, 2.75) is 45.2 Å². The maximum Gasteiger partial charge on any atom is 0.349 e. The van der Waals surface area contributed by atoms with E-state index in [2.05, 4.69) is 28.8 Å². The minimum Gasteiger partial charge on any atom is -0.381 e. The zero-order chi connectivity index (χ0) is 29.6. The summed E-state index contributed by atoms with van der Waals surface area (Å²) < 4.78 is 0. The highest BCUT2D eigenvalue weighted by atomic mass is 16.2. The highest BCUT2D eigenvalue weighted by Gasteiger charge is 2.34. The van der Waals surface area contributed by atoms with Crippen LogP contribution in [0.5, 0.6) is 0 Å². The molecular formula is C35H37N7O. The largest absolute Gasteiger partial charge is 0.381 e. The lowest BCUT2D eigenvalue weighted by Gasteiger charge is -2.27. The number of fused-ring (bicyclic) bond motifs is 1. The second-order valence-electron chi connectivity index (χ2n) is 11.1. The van der Waals surface area contributed by atoms with Crippen LogP contribution in [0.4, 0.5) is 27.5 Å². The molecule has 1 heterocycles. The summed E-state index contributed by atoms with van der Waals surface area (Å²) in [6.45, 7) is 1.06. The van der Waals surface area contributed by atoms with Gasteiger partial charge in [-0.05, 0) is 66.4 Å². The fourth-order valence-corrected chi connectivity index (χ4v) is 5.93. The molecule has 1 aliphatic heterocycles. The Morgan fingerprint density at radius 3 is 2.16 bits per heavy atom. The van der Waals surface area contributed by atoms with E-state index in [1.54, 1.807) is 9.91 Å². The molecule has 0 aromatic heterocycles. The Balaban J connectivity index is 1.45. The van der Waals surface area contributed by atoms with Crippen molar-refractivity contribution in [2.24, 2.45) is 16.8 Å². The number of benzene rings is 4. The van der Waals surface area contributed by atoms with Gasteiger partial charge in [0.15, 0.2) is 5.96 Å². The van der Waals surface area contributed by atoms with Crippen LogP contribution in [-0.2, 0) is 13.1 Å². The average molecular weight is 572 g/mol. The fourth-order valence-electron chi connectivity index (χ4n) is 5.93. The predicted molar refractivity (Wildman–Crippen MR) is 175 cm³/mol. The molecule has 0 radical (unpaired) electrons. The van der Waals surface area contributed by atoms with Gasteiger partial charge in [-0.1, -0.05) is 79.9 Å². The van der Waals surface area contributed by atoms with Crippen molar-refractivity contribution in [1.82, 2.24) is 5.01 Å². The number of guanidine groups is 1. The van der Waals surface area contributed by atoms with Crippen LogP contribution in [0.2, 0.25) is 0 Å². The van der Waals surface area contributed by atoms with Gasteiger partial charge in [0.05, 0.1) is 23.6 Å². The number of hydrogen-bond donors (Lipinski definition) is 4. The number of nitrogens with zero attached hydrogens (tertiary/aromatic N) is 3. The van der Waals surface area contributed by atoms with Crippen LogP contribution in [0.3, 0.4) is 0 Å². The Bertz CT molecular complexity index is 1600. The average Bonchev–Trinajstić information content (AvgIpc) is 3.15. The molecule has 0 atom stereocenters. The number of carbonyl (C=O) groups excluding carboxylic acids is 1. The number of carbonyl (C=O) groups is 1. The highest BCUT2D eigenvalue weighted by molar-refractivity contribution is 6.14. The first kappa shape index (κ1) is 28.0. The molecule has 2 aliphatic rings. The minimum absolute atomic E-state index is 0.140. The Labute approximate surface area is 252 Å². The van der Waals surface area contributed by atoms with Crippen molar-refractivity contribution in [3.63, 3.8) is 0 Å². The molecular weight excluding hydrogens is 534 g/mol. The van der Waals surface area contributed by atoms with Crippen LogP contribution >= 0.6 is 0 Å². The van der Waals surface area contributed by atoms with Gasteiger partial charge in [0.2, 0.25) is 0 Å². The molecule has 0 unspecified atom stereocenters. The van der Waals surface area contributed by atoms with Crippen LogP contribution in [0, 0.1) is 11.3 Å². The van der Waals surface area contributed by atoms with Gasteiger partial charge in [0.1, 0.15) is 0 Å². The molecule has 1 fully saturated rings. The van der Waals surface area contributed by atoms with E-state index in [9.17, 15) is 4.79 Å². The summed E-state index contributed by atoms with van der Waals surface area (Å²) in [6.07, 6.45) is 5.66. The Morgan fingerprint density at radius 1 is 0.837 bits per heavy atom. The lowest BCUT2D eigenvalue weighted by Crippen LogP contribution is -2.36. The first-order chi connectivity index (χ1) is 21.0. The monoisotopic (exact) mass is 571 g/mol. The predicted octanol–water partition coefficient (Wildman–Crippen LogP) is 7.66. The fraction of sp³-hybridized carbons (Fsp3) is 0.229. The Hall–Kier alpha value is -5.11. The van der Waals surface area contributed by atoms with Gasteiger partial charge >= 0.3 is 6.03 Å². The van der Waals surface area contributed by atoms with E-state index in [0.29, 0.717) is 24.5 Å². The zero-order valence-corrected chi connectivity index (χ0v) is 24.2. The SMILES string of the molecule is N=C(N)Nc1ccc(N2C(=O)N(Cc3ccccc3)N=C(C3CCCCC3)c3cc(NCc4ccccc4)ccc32)cc1. The molecule has 1 saturated carbocycles. The summed E-state index contributed by atoms with van der Waals surface area (Å²) in [5, 5.41) is 20.8. The molecule has 1 aliphatic carbocycles. The number of anilines is 4. The van der Waals surface area contributed by atoms with Gasteiger partial charge in [-0.2, -0.15) is 5.10 Å². The smallest absolute Gasteiger partial charge is 0.349 e. The molecule has 4 aromatic carbocycles. The van der Waals surface area contributed by atoms with Crippen LogP contribution in [0.1, 0.15) is 48.8 Å². The van der Waals surface area contributed by atoms with E-state index in [1.807, 2.05) is 84.9 Å². The number of amides is 2. The van der Waals surface area contributed by atoms with E-state index in [1.165, 1.54) is 12.0 Å². The van der Waals surface area contributed by atoms with E-state index in [4.69, 9.17) is 16.2 Å². The lowest BCUT2D eigenvalue weighted by atomic mass is 9.82. The van der Waals surface area contributed by atoms with Crippen LogP contribution in [-0.4, -0.2) is 22.7 Å². The van der Waals surface area contributed by atoms with Crippen LogP contribution in [0.25, 0.3) is 0 Å². The standard InChI is InChI=1S/C35H37N7O/c36-34(37)39-28-16-19-30(20-17-28)42-32-21-18-29(38-23-25-10-4-1-5-11-25)22-31(32)33(27-14-8-3-9-15-27)40-41(35(42)43)24-26-12-6-2-7-13-26/h1-2,4-7,10-13,16-22,27,38H,3,8-9,14-15,23-24H2,(H4,36,37,39). The molecule has 43 heavy (non-hydrogen) atoms. The van der Waals surface area contributed by atoms with Crippen molar-refractivity contribution < 1.29 is 4.79 Å². The third-order valence-electron chi connectivity index (χ3n) is 8.06. The van der Waals surface area contributed by atoms with Gasteiger partial charge in [-0.3, -0.25) is 10.3 Å². The van der Waals surface area contributed by atoms with Gasteiger partial charge in [0.25, 0.3) is 0 Å². The van der Waals surface area contributed by atoms with Gasteiger partial charge in [-0.25, -0.2) is 9.80 Å². The first-order valence-electron chi connectivity index (χ1n) is 14.9. The van der Waals surface area contributed by atoms with E-state index in [-0.39, 0.29) is 17.9 Å². The number of hydrazone groups is 1. The third-order valence-corrected chi connectivity index (χ3v) is 8.06. The van der Waals surface area contributed by atoms with Crippen molar-refractivity contribution >= 4 is 40.5 Å². The quantitative estimate of drug-likeness (QED) is 0.129. The molecule has 0 saturated heterocycles. The summed E-state index contributed by atoms with van der Waals surface area (Å²) in [5.74, 6) is 0.129. The maximum absolute atomic E-state index is 14.5. The maximum atomic E-state index is 14.5. The zero-order valence-electron chi connectivity index (χ0n) is 24.2. The van der Waals surface area contributed by atoms with Gasteiger partial charge in [-0.15, -0.1) is 0 Å². The van der Waals surface area contributed by atoms with Crippen molar-refractivity contribution in [2.75, 3.05) is 15.5 Å². The first-order valence-corrected chi connectivity index (χ1v) is 14.9. The molecule has 0 bridgehead atoms. The van der Waals surface area contributed by atoms with Crippen LogP contribution < -0.4 is 21.3 Å². The van der Waals surface area contributed by atoms with Crippen molar-refractivity contribution in [3.05, 3.63) is 120 Å².